The Morgan fingerprint density at radius 3 is 2.29 bits per heavy atom. The minimum atomic E-state index is -1.61. The van der Waals surface area contributed by atoms with Crippen LogP contribution in [0.2, 0.25) is 0 Å². The number of benzene rings is 1. The smallest absolute Gasteiger partial charge is 0.311 e. The van der Waals surface area contributed by atoms with Crippen molar-refractivity contribution in [1.29, 1.82) is 0 Å². The van der Waals surface area contributed by atoms with Crippen LogP contribution in [0.1, 0.15) is 46.2 Å². The standard InChI is InChI=1S/C15H21BrN2O5S/c1-14(2,3)24(23)17-12(15(4,5)13(19)20)9-7-6-8-10(16)11(9)18(21)22/h6-8,12,17H,1-5H3,(H,19,20)/t12-,24+/m1/s1. The van der Waals surface area contributed by atoms with Gasteiger partial charge in [-0.2, -0.15) is 0 Å². The van der Waals surface area contributed by atoms with Gasteiger partial charge in [-0.3, -0.25) is 14.9 Å². The Hall–Kier alpha value is -1.16. The van der Waals surface area contributed by atoms with Gasteiger partial charge in [-0.25, -0.2) is 0 Å². The Labute approximate surface area is 152 Å². The van der Waals surface area contributed by atoms with E-state index in [2.05, 4.69) is 20.7 Å². The van der Waals surface area contributed by atoms with E-state index in [4.69, 9.17) is 0 Å². The highest BCUT2D eigenvalue weighted by molar-refractivity contribution is 9.10. The minimum absolute atomic E-state index is 0.166. The van der Waals surface area contributed by atoms with E-state index in [1.54, 1.807) is 26.8 Å². The maximum absolute atomic E-state index is 12.5. The molecule has 0 spiro atoms. The summed E-state index contributed by atoms with van der Waals surface area (Å²) >= 11 is 1.52. The maximum atomic E-state index is 12.5. The third-order valence-electron chi connectivity index (χ3n) is 3.57. The van der Waals surface area contributed by atoms with Gasteiger partial charge >= 0.3 is 5.97 Å². The van der Waals surface area contributed by atoms with Gasteiger partial charge in [0.1, 0.15) is 4.75 Å². The predicted octanol–water partition coefficient (Wildman–Crippen LogP) is 3.56. The monoisotopic (exact) mass is 420 g/mol. The number of carboxylic acids is 1. The van der Waals surface area contributed by atoms with Crippen LogP contribution in [0.5, 0.6) is 0 Å². The van der Waals surface area contributed by atoms with E-state index in [0.29, 0.717) is 0 Å². The molecule has 134 valence electrons. The molecule has 0 bridgehead atoms. The molecule has 0 fully saturated rings. The predicted molar refractivity (Wildman–Crippen MR) is 96.0 cm³/mol. The molecule has 24 heavy (non-hydrogen) atoms. The fraction of sp³-hybridized carbons (Fsp3) is 0.533. The topological polar surface area (TPSA) is 116 Å². The van der Waals surface area contributed by atoms with E-state index in [-0.39, 0.29) is 15.7 Å². The van der Waals surface area contributed by atoms with Crippen LogP contribution in [0, 0.1) is 15.5 Å². The first-order valence-electron chi connectivity index (χ1n) is 7.14. The Morgan fingerprint density at radius 1 is 1.33 bits per heavy atom. The number of rotatable bonds is 6. The lowest BCUT2D eigenvalue weighted by Gasteiger charge is -2.34. The van der Waals surface area contributed by atoms with Gasteiger partial charge < -0.3 is 9.66 Å². The molecular weight excluding hydrogens is 400 g/mol. The summed E-state index contributed by atoms with van der Waals surface area (Å²) < 4.78 is 14.9. The number of aliphatic carboxylic acids is 1. The van der Waals surface area contributed by atoms with Crippen molar-refractivity contribution < 1.29 is 19.4 Å². The molecule has 0 heterocycles. The van der Waals surface area contributed by atoms with Crippen LogP contribution in [0.15, 0.2) is 22.7 Å². The van der Waals surface area contributed by atoms with Crippen molar-refractivity contribution in [2.24, 2.45) is 5.41 Å². The Balaban J connectivity index is 3.53. The quantitative estimate of drug-likeness (QED) is 0.412. The third kappa shape index (κ3) is 4.47. The van der Waals surface area contributed by atoms with E-state index in [9.17, 15) is 24.6 Å². The fourth-order valence-corrected chi connectivity index (χ4v) is 3.48. The van der Waals surface area contributed by atoms with Gasteiger partial charge in [-0.1, -0.05) is 12.1 Å². The second kappa shape index (κ2) is 7.38. The number of nitro benzene ring substituents is 1. The van der Waals surface area contributed by atoms with Crippen molar-refractivity contribution >= 4 is 38.9 Å². The van der Waals surface area contributed by atoms with Gasteiger partial charge in [0.25, 0.3) is 5.69 Å². The molecule has 0 saturated carbocycles. The molecule has 0 amide bonds. The van der Waals surface area contributed by atoms with Crippen LogP contribution in [0.3, 0.4) is 0 Å². The van der Waals surface area contributed by atoms with Gasteiger partial charge in [0.15, 0.2) is 0 Å². The highest BCUT2D eigenvalue weighted by atomic mass is 79.9. The van der Waals surface area contributed by atoms with Crippen LogP contribution < -0.4 is 4.72 Å². The summed E-state index contributed by atoms with van der Waals surface area (Å²) in [4.78, 5) is 22.6. The molecule has 0 unspecified atom stereocenters. The van der Waals surface area contributed by atoms with E-state index in [1.807, 2.05) is 0 Å². The maximum Gasteiger partial charge on any atom is 0.311 e. The molecule has 2 N–H and O–H groups in total. The number of nitrogens with one attached hydrogen (secondary N) is 1. The van der Waals surface area contributed by atoms with Crippen LogP contribution in [-0.2, 0) is 16.2 Å². The minimum Gasteiger partial charge on any atom is -0.598 e. The zero-order valence-corrected chi connectivity index (χ0v) is 16.5. The summed E-state index contributed by atoms with van der Waals surface area (Å²) in [5, 5.41) is 21.0. The molecule has 0 radical (unpaired) electrons. The van der Waals surface area contributed by atoms with Gasteiger partial charge in [-0.05, 0) is 56.6 Å². The molecular formula is C15H21BrN2O5S. The van der Waals surface area contributed by atoms with Crippen molar-refractivity contribution in [2.75, 3.05) is 0 Å². The first-order valence-corrected chi connectivity index (χ1v) is 9.08. The van der Waals surface area contributed by atoms with Crippen molar-refractivity contribution in [3.05, 3.63) is 38.3 Å². The van der Waals surface area contributed by atoms with Crippen molar-refractivity contribution in [3.8, 4) is 0 Å². The van der Waals surface area contributed by atoms with E-state index >= 15 is 0 Å². The number of carbonyl (C=O) groups is 1. The number of hydrogen-bond acceptors (Lipinski definition) is 5. The second-order valence-electron chi connectivity index (χ2n) is 6.89. The zero-order chi connectivity index (χ0) is 18.9. The molecule has 1 aromatic carbocycles. The summed E-state index contributed by atoms with van der Waals surface area (Å²) in [6.45, 7) is 8.08. The average Bonchev–Trinajstić information content (AvgIpc) is 2.42. The molecule has 9 heteroatoms. The lowest BCUT2D eigenvalue weighted by atomic mass is 9.80. The second-order valence-corrected chi connectivity index (χ2v) is 9.75. The number of halogens is 1. The summed E-state index contributed by atoms with van der Waals surface area (Å²) in [5.74, 6) is -1.15. The molecule has 0 aliphatic rings. The van der Waals surface area contributed by atoms with E-state index < -0.39 is 38.5 Å². The Bertz CT molecular complexity index is 645. The number of hydrogen-bond donors (Lipinski definition) is 2. The SMILES string of the molecule is CC(C)(C(=O)O)[C@H](N[S@@+]([O-])C(C)(C)C)c1cccc(Br)c1[N+](=O)[O-]. The molecule has 0 saturated heterocycles. The molecule has 0 aliphatic heterocycles. The van der Waals surface area contributed by atoms with Gasteiger partial charge in [0, 0.05) is 11.4 Å². The highest BCUT2D eigenvalue weighted by Crippen LogP contribution is 2.42. The van der Waals surface area contributed by atoms with E-state index in [1.165, 1.54) is 26.0 Å². The highest BCUT2D eigenvalue weighted by Gasteiger charge is 2.45. The Kier molecular flexibility index (Phi) is 6.43. The van der Waals surface area contributed by atoms with Crippen LogP contribution >= 0.6 is 15.9 Å². The van der Waals surface area contributed by atoms with Crippen molar-refractivity contribution in [3.63, 3.8) is 0 Å². The number of nitrogens with zero attached hydrogens (tertiary/aromatic N) is 1. The lowest BCUT2D eigenvalue weighted by Crippen LogP contribution is -2.47. The molecule has 0 aromatic heterocycles. The Morgan fingerprint density at radius 2 is 1.88 bits per heavy atom. The summed E-state index contributed by atoms with van der Waals surface area (Å²) in [5.41, 5.74) is -1.50. The zero-order valence-electron chi connectivity index (χ0n) is 14.1. The molecule has 1 rings (SSSR count). The van der Waals surface area contributed by atoms with Crippen molar-refractivity contribution in [1.82, 2.24) is 4.72 Å². The van der Waals surface area contributed by atoms with Crippen LogP contribution in [0.4, 0.5) is 5.69 Å². The average molecular weight is 421 g/mol. The fourth-order valence-electron chi connectivity index (χ4n) is 1.96. The van der Waals surface area contributed by atoms with Crippen LogP contribution in [0.25, 0.3) is 0 Å². The first-order chi connectivity index (χ1) is 10.8. The molecule has 0 aliphatic carbocycles. The largest absolute Gasteiger partial charge is 0.598 e. The van der Waals surface area contributed by atoms with Gasteiger partial charge in [-0.15, -0.1) is 4.72 Å². The number of nitro groups is 1. The summed E-state index contributed by atoms with van der Waals surface area (Å²) in [7, 11) is 0. The molecule has 2 atom stereocenters. The van der Waals surface area contributed by atoms with E-state index in [0.717, 1.165) is 0 Å². The lowest BCUT2D eigenvalue weighted by molar-refractivity contribution is -0.386. The first kappa shape index (κ1) is 20.9. The number of carboxylic acid groups (broad SMARTS) is 1. The summed E-state index contributed by atoms with van der Waals surface area (Å²) in [6.07, 6.45) is 0. The molecule has 7 nitrogen and oxygen atoms in total. The molecule has 1 aromatic rings. The number of para-hydroxylation sites is 1. The van der Waals surface area contributed by atoms with Crippen LogP contribution in [-0.4, -0.2) is 25.3 Å². The van der Waals surface area contributed by atoms with Crippen molar-refractivity contribution in [2.45, 2.75) is 45.4 Å². The third-order valence-corrected chi connectivity index (χ3v) is 5.77. The summed E-state index contributed by atoms with van der Waals surface area (Å²) in [6, 6.07) is 3.55. The van der Waals surface area contributed by atoms with Gasteiger partial charge in [0.05, 0.1) is 26.4 Å². The normalized spacial score (nSPS) is 15.0. The van der Waals surface area contributed by atoms with Gasteiger partial charge in [0.2, 0.25) is 0 Å².